The molecule has 0 amide bonds. The Morgan fingerprint density at radius 2 is 1.67 bits per heavy atom. The number of hydrogen-bond acceptors (Lipinski definition) is 3. The normalized spacial score (nSPS) is 13.3. The van der Waals surface area contributed by atoms with E-state index in [9.17, 15) is 8.42 Å². The summed E-state index contributed by atoms with van der Waals surface area (Å²) in [5, 5.41) is 5.21. The Kier molecular flexibility index (Phi) is 5.11. The Morgan fingerprint density at radius 3 is 2.10 bits per heavy atom. The summed E-state index contributed by atoms with van der Waals surface area (Å²) in [5.41, 5.74) is 0.822. The third-order valence-electron chi connectivity index (χ3n) is 3.20. The fourth-order valence-corrected chi connectivity index (χ4v) is 2.41. The molecule has 0 aromatic heterocycles. The van der Waals surface area contributed by atoms with E-state index in [-0.39, 0.29) is 15.7 Å². The smallest absolute Gasteiger partial charge is 0.238 e. The highest BCUT2D eigenvalue weighted by atomic mass is 32.2. The number of rotatable bonds is 4. The van der Waals surface area contributed by atoms with Gasteiger partial charge in [-0.3, -0.25) is 0 Å². The highest BCUT2D eigenvalue weighted by Crippen LogP contribution is 2.33. The van der Waals surface area contributed by atoms with Crippen LogP contribution in [0.4, 0.5) is 0 Å². The number of benzene rings is 1. The fraction of sp³-hybridized carbons (Fsp3) is 0.625. The Labute approximate surface area is 128 Å². The summed E-state index contributed by atoms with van der Waals surface area (Å²) < 4.78 is 28.9. The number of ether oxygens (including phenoxy) is 1. The van der Waals surface area contributed by atoms with Crippen LogP contribution < -0.4 is 9.88 Å². The third kappa shape index (κ3) is 5.67. The van der Waals surface area contributed by atoms with Crippen molar-refractivity contribution in [1.82, 2.24) is 0 Å². The van der Waals surface area contributed by atoms with Gasteiger partial charge in [0, 0.05) is 5.56 Å². The average molecular weight is 313 g/mol. The Hall–Kier alpha value is -1.07. The van der Waals surface area contributed by atoms with Crippen molar-refractivity contribution in [3.63, 3.8) is 0 Å². The van der Waals surface area contributed by atoms with Crippen LogP contribution in [0.15, 0.2) is 23.1 Å². The second-order valence-electron chi connectivity index (χ2n) is 7.61. The molecule has 4 nitrogen and oxygen atoms in total. The van der Waals surface area contributed by atoms with Crippen LogP contribution in [-0.2, 0) is 15.4 Å². The van der Waals surface area contributed by atoms with Gasteiger partial charge in [0.05, 0.1) is 11.5 Å². The van der Waals surface area contributed by atoms with E-state index in [4.69, 9.17) is 9.88 Å². The van der Waals surface area contributed by atoms with Crippen molar-refractivity contribution in [2.45, 2.75) is 58.3 Å². The molecule has 0 aliphatic heterocycles. The largest absolute Gasteiger partial charge is 0.493 e. The zero-order valence-corrected chi connectivity index (χ0v) is 14.7. The Morgan fingerprint density at radius 1 is 1.10 bits per heavy atom. The van der Waals surface area contributed by atoms with Crippen LogP contribution in [0.5, 0.6) is 5.75 Å². The van der Waals surface area contributed by atoms with Crippen molar-refractivity contribution in [3.8, 4) is 5.75 Å². The first-order valence-electron chi connectivity index (χ1n) is 7.11. The second-order valence-corrected chi connectivity index (χ2v) is 9.17. The molecule has 0 unspecified atom stereocenters. The lowest BCUT2D eigenvalue weighted by Gasteiger charge is -2.25. The van der Waals surface area contributed by atoms with E-state index >= 15 is 0 Å². The maximum absolute atomic E-state index is 11.5. The van der Waals surface area contributed by atoms with Crippen LogP contribution in [0.3, 0.4) is 0 Å². The molecule has 2 N–H and O–H groups in total. The molecule has 0 saturated heterocycles. The summed E-state index contributed by atoms with van der Waals surface area (Å²) in [6, 6.07) is 4.81. The molecule has 0 aliphatic carbocycles. The van der Waals surface area contributed by atoms with Gasteiger partial charge in [-0.2, -0.15) is 0 Å². The van der Waals surface area contributed by atoms with Crippen molar-refractivity contribution in [2.75, 3.05) is 6.61 Å². The van der Waals surface area contributed by atoms with Crippen LogP contribution in [0.25, 0.3) is 0 Å². The zero-order chi connectivity index (χ0) is 16.5. The molecule has 1 rings (SSSR count). The minimum atomic E-state index is -3.70. The molecule has 0 spiro atoms. The summed E-state index contributed by atoms with van der Waals surface area (Å²) in [5.74, 6) is 0.721. The molecule has 120 valence electrons. The van der Waals surface area contributed by atoms with Gasteiger partial charge in [0.15, 0.2) is 0 Å². The monoisotopic (exact) mass is 313 g/mol. The van der Waals surface area contributed by atoms with Gasteiger partial charge in [0.2, 0.25) is 10.0 Å². The van der Waals surface area contributed by atoms with Gasteiger partial charge in [-0.15, -0.1) is 0 Å². The SMILES string of the molecule is CC(C)(C)CCOc1ccc(S(N)(=O)=O)cc1C(C)(C)C. The molecule has 1 aromatic carbocycles. The predicted molar refractivity (Wildman–Crippen MR) is 86.1 cm³/mol. The summed E-state index contributed by atoms with van der Waals surface area (Å²) in [4.78, 5) is 0.121. The molecule has 21 heavy (non-hydrogen) atoms. The van der Waals surface area contributed by atoms with Crippen molar-refractivity contribution in [1.29, 1.82) is 0 Å². The average Bonchev–Trinajstić information content (AvgIpc) is 2.24. The van der Waals surface area contributed by atoms with Gasteiger partial charge < -0.3 is 4.74 Å². The van der Waals surface area contributed by atoms with E-state index in [0.29, 0.717) is 6.61 Å². The lowest BCUT2D eigenvalue weighted by molar-refractivity contribution is 0.239. The number of sulfonamides is 1. The van der Waals surface area contributed by atoms with E-state index in [1.807, 2.05) is 20.8 Å². The standard InChI is InChI=1S/C16H27NO3S/c1-15(2,3)9-10-20-14-8-7-12(21(17,18)19)11-13(14)16(4,5)6/h7-8,11H,9-10H2,1-6H3,(H2,17,18,19). The molecule has 0 fully saturated rings. The molecule has 0 heterocycles. The molecule has 1 aromatic rings. The highest BCUT2D eigenvalue weighted by molar-refractivity contribution is 7.89. The van der Waals surface area contributed by atoms with E-state index in [2.05, 4.69) is 20.8 Å². The van der Waals surface area contributed by atoms with E-state index in [1.165, 1.54) is 6.07 Å². The molecular formula is C16H27NO3S. The van der Waals surface area contributed by atoms with Crippen LogP contribution in [0.1, 0.15) is 53.5 Å². The summed E-state index contributed by atoms with van der Waals surface area (Å²) in [7, 11) is -3.70. The van der Waals surface area contributed by atoms with Crippen LogP contribution in [0, 0.1) is 5.41 Å². The van der Waals surface area contributed by atoms with Crippen molar-refractivity contribution >= 4 is 10.0 Å². The summed E-state index contributed by atoms with van der Waals surface area (Å²) >= 11 is 0. The van der Waals surface area contributed by atoms with Crippen LogP contribution in [-0.4, -0.2) is 15.0 Å². The van der Waals surface area contributed by atoms with Gasteiger partial charge in [-0.25, -0.2) is 13.6 Å². The quantitative estimate of drug-likeness (QED) is 0.925. The third-order valence-corrected chi connectivity index (χ3v) is 4.11. The minimum absolute atomic E-state index is 0.121. The van der Waals surface area contributed by atoms with Gasteiger partial charge in [0.25, 0.3) is 0 Å². The van der Waals surface area contributed by atoms with Gasteiger partial charge in [0.1, 0.15) is 5.75 Å². The van der Waals surface area contributed by atoms with E-state index < -0.39 is 10.0 Å². The number of primary sulfonamides is 1. The molecule has 0 radical (unpaired) electrons. The van der Waals surface area contributed by atoms with Gasteiger partial charge in [-0.05, 0) is 35.4 Å². The maximum Gasteiger partial charge on any atom is 0.238 e. The Balaban J connectivity index is 3.10. The first-order chi connectivity index (χ1) is 9.31. The highest BCUT2D eigenvalue weighted by Gasteiger charge is 2.22. The van der Waals surface area contributed by atoms with E-state index in [0.717, 1.165) is 17.7 Å². The number of hydrogen-bond donors (Lipinski definition) is 1. The lowest BCUT2D eigenvalue weighted by atomic mass is 9.86. The first kappa shape index (κ1) is 18.0. The van der Waals surface area contributed by atoms with Crippen molar-refractivity contribution in [2.24, 2.45) is 10.6 Å². The molecule has 0 atom stereocenters. The van der Waals surface area contributed by atoms with Gasteiger partial charge in [-0.1, -0.05) is 41.5 Å². The Bertz CT molecular complexity index is 593. The van der Waals surface area contributed by atoms with Crippen molar-refractivity contribution < 1.29 is 13.2 Å². The summed E-state index contributed by atoms with van der Waals surface area (Å²) in [6.07, 6.45) is 0.924. The number of nitrogens with two attached hydrogens (primary N) is 1. The van der Waals surface area contributed by atoms with Gasteiger partial charge >= 0.3 is 0 Å². The van der Waals surface area contributed by atoms with Crippen LogP contribution >= 0.6 is 0 Å². The topological polar surface area (TPSA) is 69.4 Å². The van der Waals surface area contributed by atoms with E-state index in [1.54, 1.807) is 12.1 Å². The molecule has 5 heteroatoms. The molecule has 0 bridgehead atoms. The molecular weight excluding hydrogens is 286 g/mol. The molecule has 0 aliphatic rings. The zero-order valence-electron chi connectivity index (χ0n) is 13.9. The maximum atomic E-state index is 11.5. The lowest BCUT2D eigenvalue weighted by Crippen LogP contribution is -2.18. The second kappa shape index (κ2) is 5.97. The fourth-order valence-electron chi connectivity index (χ4n) is 1.87. The molecule has 0 saturated carbocycles. The van der Waals surface area contributed by atoms with Crippen molar-refractivity contribution in [3.05, 3.63) is 23.8 Å². The predicted octanol–water partition coefficient (Wildman–Crippen LogP) is 3.45. The first-order valence-corrected chi connectivity index (χ1v) is 8.65. The van der Waals surface area contributed by atoms with Crippen LogP contribution in [0.2, 0.25) is 0 Å². The minimum Gasteiger partial charge on any atom is -0.493 e. The summed E-state index contributed by atoms with van der Waals surface area (Å²) in [6.45, 7) is 13.1.